The molecule has 0 unspecified atom stereocenters. The molecule has 28 heavy (non-hydrogen) atoms. The van der Waals surface area contributed by atoms with Gasteiger partial charge < -0.3 is 15.4 Å². The van der Waals surface area contributed by atoms with Crippen molar-refractivity contribution in [2.45, 2.75) is 6.54 Å². The number of carbonyl (C=O) groups excluding carboxylic acids is 1. The summed E-state index contributed by atoms with van der Waals surface area (Å²) in [6.07, 6.45) is 0. The number of carbonyl (C=O) groups is 1. The summed E-state index contributed by atoms with van der Waals surface area (Å²) in [6, 6.07) is 11.9. The third kappa shape index (κ3) is 5.11. The van der Waals surface area contributed by atoms with E-state index in [1.165, 1.54) is 23.8 Å². The lowest BCUT2D eigenvalue weighted by Gasteiger charge is -2.34. The second-order valence-electron chi connectivity index (χ2n) is 6.55. The Morgan fingerprint density at radius 3 is 2.46 bits per heavy atom. The van der Waals surface area contributed by atoms with Gasteiger partial charge in [-0.05, 0) is 29.8 Å². The summed E-state index contributed by atoms with van der Waals surface area (Å²) in [6.45, 7) is 3.39. The fourth-order valence-electron chi connectivity index (χ4n) is 3.01. The van der Waals surface area contributed by atoms with Crippen molar-refractivity contribution in [1.29, 1.82) is 0 Å². The van der Waals surface area contributed by atoms with Gasteiger partial charge in [0.15, 0.2) is 6.61 Å². The third-order valence-corrected chi connectivity index (χ3v) is 4.86. The van der Waals surface area contributed by atoms with E-state index in [1.807, 2.05) is 24.3 Å². The Bertz CT molecular complexity index is 852. The van der Waals surface area contributed by atoms with Crippen LogP contribution in [-0.4, -0.2) is 53.4 Å². The molecule has 1 aliphatic heterocycles. The van der Waals surface area contributed by atoms with E-state index in [-0.39, 0.29) is 29.6 Å². The largest absolute Gasteiger partial charge is 0.484 e. The number of halogens is 1. The van der Waals surface area contributed by atoms with Crippen LogP contribution in [0.5, 0.6) is 5.75 Å². The average molecular weight is 405 g/mol. The van der Waals surface area contributed by atoms with Gasteiger partial charge in [0, 0.05) is 37.7 Å². The first-order valence-electron chi connectivity index (χ1n) is 8.83. The molecule has 1 aliphatic rings. The second-order valence-corrected chi connectivity index (χ2v) is 6.99. The van der Waals surface area contributed by atoms with Crippen LogP contribution >= 0.6 is 11.6 Å². The van der Waals surface area contributed by atoms with Crippen molar-refractivity contribution < 1.29 is 14.5 Å². The molecule has 0 aliphatic carbocycles. The lowest BCUT2D eigenvalue weighted by Crippen LogP contribution is -2.49. The van der Waals surface area contributed by atoms with Crippen LogP contribution in [0, 0.1) is 10.1 Å². The minimum absolute atomic E-state index is 0.0560. The molecule has 8 nitrogen and oxygen atoms in total. The van der Waals surface area contributed by atoms with Crippen molar-refractivity contribution in [3.8, 4) is 5.75 Å². The molecular formula is C19H21ClN4O4. The second kappa shape index (κ2) is 8.90. The van der Waals surface area contributed by atoms with Gasteiger partial charge in [-0.2, -0.15) is 0 Å². The zero-order valence-electron chi connectivity index (χ0n) is 15.2. The molecule has 9 heteroatoms. The van der Waals surface area contributed by atoms with Gasteiger partial charge >= 0.3 is 0 Å². The van der Waals surface area contributed by atoms with E-state index in [9.17, 15) is 14.9 Å². The summed E-state index contributed by atoms with van der Waals surface area (Å²) < 4.78 is 5.42. The number of nitrogens with two attached hydrogens (primary N) is 1. The molecule has 0 aromatic heterocycles. The van der Waals surface area contributed by atoms with E-state index < -0.39 is 4.92 Å². The first-order valence-corrected chi connectivity index (χ1v) is 9.21. The Balaban J connectivity index is 1.47. The Labute approximate surface area is 167 Å². The standard InChI is InChI=1S/C19H21ClN4O4/c20-15-3-1-14(2-4-15)12-22-7-9-23(10-8-22)19(25)13-28-16-5-6-17(21)18(11-16)24(26)27/h1-6,11H,7-10,12-13,21H2. The molecule has 0 radical (unpaired) electrons. The van der Waals surface area contributed by atoms with E-state index in [1.54, 1.807) is 4.90 Å². The predicted octanol–water partition coefficient (Wildman–Crippen LogP) is 2.55. The number of nitro benzene ring substituents is 1. The fraction of sp³-hybridized carbons (Fsp3) is 0.316. The highest BCUT2D eigenvalue weighted by molar-refractivity contribution is 6.30. The zero-order valence-corrected chi connectivity index (χ0v) is 16.0. The van der Waals surface area contributed by atoms with Gasteiger partial charge in [-0.3, -0.25) is 19.8 Å². The summed E-state index contributed by atoms with van der Waals surface area (Å²) in [4.78, 5) is 26.7. The molecule has 1 fully saturated rings. The third-order valence-electron chi connectivity index (χ3n) is 4.61. The van der Waals surface area contributed by atoms with Crippen molar-refractivity contribution in [3.05, 3.63) is 63.2 Å². The van der Waals surface area contributed by atoms with Crippen LogP contribution in [0.1, 0.15) is 5.56 Å². The molecule has 2 N–H and O–H groups in total. The van der Waals surface area contributed by atoms with Crippen LogP contribution in [0.25, 0.3) is 0 Å². The summed E-state index contributed by atoms with van der Waals surface area (Å²) in [5, 5.41) is 11.6. The number of amides is 1. The van der Waals surface area contributed by atoms with Gasteiger partial charge in [-0.1, -0.05) is 23.7 Å². The molecule has 0 saturated carbocycles. The van der Waals surface area contributed by atoms with Gasteiger partial charge in [0.25, 0.3) is 11.6 Å². The highest BCUT2D eigenvalue weighted by Crippen LogP contribution is 2.26. The molecule has 2 aromatic rings. The molecule has 1 saturated heterocycles. The van der Waals surface area contributed by atoms with Gasteiger partial charge in [0.05, 0.1) is 11.0 Å². The molecule has 0 atom stereocenters. The van der Waals surface area contributed by atoms with Gasteiger partial charge in [0.2, 0.25) is 0 Å². The van der Waals surface area contributed by atoms with Crippen molar-refractivity contribution in [2.75, 3.05) is 38.5 Å². The van der Waals surface area contributed by atoms with E-state index in [2.05, 4.69) is 4.90 Å². The lowest BCUT2D eigenvalue weighted by molar-refractivity contribution is -0.384. The number of benzene rings is 2. The molecule has 2 aromatic carbocycles. The topological polar surface area (TPSA) is 102 Å². The highest BCUT2D eigenvalue weighted by atomic mass is 35.5. The van der Waals surface area contributed by atoms with Crippen LogP contribution in [0.4, 0.5) is 11.4 Å². The van der Waals surface area contributed by atoms with Gasteiger partial charge in [-0.25, -0.2) is 0 Å². The first kappa shape index (κ1) is 19.9. The molecule has 3 rings (SSSR count). The van der Waals surface area contributed by atoms with Crippen LogP contribution in [0.2, 0.25) is 5.02 Å². The van der Waals surface area contributed by atoms with Crippen LogP contribution in [0.3, 0.4) is 0 Å². The van der Waals surface area contributed by atoms with Crippen LogP contribution in [0.15, 0.2) is 42.5 Å². The lowest BCUT2D eigenvalue weighted by atomic mass is 10.2. The van der Waals surface area contributed by atoms with E-state index in [4.69, 9.17) is 22.1 Å². The Morgan fingerprint density at radius 1 is 1.14 bits per heavy atom. The molecule has 1 heterocycles. The van der Waals surface area contributed by atoms with Crippen LogP contribution < -0.4 is 10.5 Å². The summed E-state index contributed by atoms with van der Waals surface area (Å²) in [7, 11) is 0. The molecule has 148 valence electrons. The SMILES string of the molecule is Nc1ccc(OCC(=O)N2CCN(Cc3ccc(Cl)cc3)CC2)cc1[N+](=O)[O-]. The number of ether oxygens (including phenoxy) is 1. The Morgan fingerprint density at radius 2 is 1.82 bits per heavy atom. The quantitative estimate of drug-likeness (QED) is 0.451. The Kier molecular flexibility index (Phi) is 6.33. The van der Waals surface area contributed by atoms with Crippen LogP contribution in [-0.2, 0) is 11.3 Å². The number of rotatable bonds is 6. The van der Waals surface area contributed by atoms with Crippen molar-refractivity contribution in [1.82, 2.24) is 9.80 Å². The van der Waals surface area contributed by atoms with E-state index in [0.717, 1.165) is 19.6 Å². The fourth-order valence-corrected chi connectivity index (χ4v) is 3.14. The summed E-state index contributed by atoms with van der Waals surface area (Å²) in [5.74, 6) is 0.0984. The maximum absolute atomic E-state index is 12.4. The van der Waals surface area contributed by atoms with Crippen molar-refractivity contribution in [3.63, 3.8) is 0 Å². The zero-order chi connectivity index (χ0) is 20.1. The van der Waals surface area contributed by atoms with Gasteiger partial charge in [-0.15, -0.1) is 0 Å². The maximum Gasteiger partial charge on any atom is 0.295 e. The summed E-state index contributed by atoms with van der Waals surface area (Å²) >= 11 is 5.91. The number of hydrogen-bond donors (Lipinski definition) is 1. The number of piperazine rings is 1. The van der Waals surface area contributed by atoms with Crippen molar-refractivity contribution >= 4 is 28.9 Å². The number of nitro groups is 1. The normalized spacial score (nSPS) is 14.7. The van der Waals surface area contributed by atoms with Crippen molar-refractivity contribution in [2.24, 2.45) is 0 Å². The smallest absolute Gasteiger partial charge is 0.295 e. The average Bonchev–Trinajstić information content (AvgIpc) is 2.69. The minimum Gasteiger partial charge on any atom is -0.484 e. The molecule has 0 bridgehead atoms. The number of anilines is 1. The van der Waals surface area contributed by atoms with E-state index >= 15 is 0 Å². The Hall–Kier alpha value is -2.84. The maximum atomic E-state index is 12.4. The minimum atomic E-state index is -0.579. The molecule has 1 amide bonds. The van der Waals surface area contributed by atoms with Gasteiger partial charge in [0.1, 0.15) is 11.4 Å². The molecule has 0 spiro atoms. The first-order chi connectivity index (χ1) is 13.4. The highest BCUT2D eigenvalue weighted by Gasteiger charge is 2.22. The summed E-state index contributed by atoms with van der Waals surface area (Å²) in [5.41, 5.74) is 6.55. The molecular weight excluding hydrogens is 384 g/mol. The van der Waals surface area contributed by atoms with E-state index in [0.29, 0.717) is 18.1 Å². The number of nitrogen functional groups attached to an aromatic ring is 1. The monoisotopic (exact) mass is 404 g/mol. The predicted molar refractivity (Wildman–Crippen MR) is 106 cm³/mol. The number of nitrogens with zero attached hydrogens (tertiary/aromatic N) is 3. The number of hydrogen-bond acceptors (Lipinski definition) is 6.